The van der Waals surface area contributed by atoms with E-state index in [2.05, 4.69) is 15.7 Å². The van der Waals surface area contributed by atoms with Crippen LogP contribution in [0.2, 0.25) is 0 Å². The Morgan fingerprint density at radius 1 is 1.26 bits per heavy atom. The van der Waals surface area contributed by atoms with Crippen LogP contribution in [0.25, 0.3) is 0 Å². The van der Waals surface area contributed by atoms with E-state index in [0.717, 1.165) is 24.3 Å². The summed E-state index contributed by atoms with van der Waals surface area (Å²) in [7, 11) is 1.91. The minimum Gasteiger partial charge on any atom is -0.325 e. The zero-order valence-electron chi connectivity index (χ0n) is 11.0. The van der Waals surface area contributed by atoms with Gasteiger partial charge in [0.05, 0.1) is 6.54 Å². The molecule has 0 saturated carbocycles. The number of amides is 1. The first-order valence-electron chi connectivity index (χ1n) is 6.28. The molecule has 0 aliphatic carbocycles. The monoisotopic (exact) mass is 258 g/mol. The number of anilines is 1. The number of carbonyl (C=O) groups is 1. The lowest BCUT2D eigenvalue weighted by atomic mass is 10.3. The highest BCUT2D eigenvalue weighted by atomic mass is 16.1. The lowest BCUT2D eigenvalue weighted by Gasteiger charge is -2.06. The summed E-state index contributed by atoms with van der Waals surface area (Å²) in [6.07, 6.45) is 2.63. The number of nitrogens with one attached hydrogen (secondary N) is 2. The van der Waals surface area contributed by atoms with E-state index in [4.69, 9.17) is 0 Å². The van der Waals surface area contributed by atoms with Crippen molar-refractivity contribution in [2.75, 3.05) is 18.4 Å². The fourth-order valence-electron chi connectivity index (χ4n) is 1.79. The molecular formula is C14H18N4O. The molecule has 0 radical (unpaired) electrons. The Kier molecular flexibility index (Phi) is 4.69. The molecule has 1 aromatic heterocycles. The van der Waals surface area contributed by atoms with Gasteiger partial charge in [0, 0.05) is 37.6 Å². The Morgan fingerprint density at radius 3 is 2.74 bits per heavy atom. The topological polar surface area (TPSA) is 59.0 Å². The molecule has 2 N–H and O–H groups in total. The normalized spacial score (nSPS) is 10.4. The average molecular weight is 258 g/mol. The molecule has 0 atom stereocenters. The first-order chi connectivity index (χ1) is 9.25. The minimum absolute atomic E-state index is 0.0313. The van der Waals surface area contributed by atoms with E-state index in [1.165, 1.54) is 0 Å². The van der Waals surface area contributed by atoms with E-state index in [0.29, 0.717) is 6.54 Å². The van der Waals surface area contributed by atoms with Crippen LogP contribution in [0.3, 0.4) is 0 Å². The second-order valence-corrected chi connectivity index (χ2v) is 4.29. The van der Waals surface area contributed by atoms with Gasteiger partial charge in [0.15, 0.2) is 0 Å². The smallest absolute Gasteiger partial charge is 0.238 e. The largest absolute Gasteiger partial charge is 0.325 e. The zero-order valence-corrected chi connectivity index (χ0v) is 11.0. The van der Waals surface area contributed by atoms with Gasteiger partial charge in [0.25, 0.3) is 0 Å². The van der Waals surface area contributed by atoms with E-state index < -0.39 is 0 Å². The van der Waals surface area contributed by atoms with Gasteiger partial charge in [-0.3, -0.25) is 9.48 Å². The molecule has 0 aliphatic heterocycles. The second kappa shape index (κ2) is 6.70. The summed E-state index contributed by atoms with van der Waals surface area (Å²) in [6.45, 7) is 1.06. The number of hydrogen-bond acceptors (Lipinski definition) is 3. The zero-order chi connectivity index (χ0) is 13.5. The third-order valence-corrected chi connectivity index (χ3v) is 2.82. The number of para-hydroxylation sites is 1. The Bertz CT molecular complexity index is 521. The molecule has 2 rings (SSSR count). The molecule has 0 saturated heterocycles. The fourth-order valence-corrected chi connectivity index (χ4v) is 1.79. The number of nitrogens with zero attached hydrogens (tertiary/aromatic N) is 2. The molecule has 0 fully saturated rings. The third kappa shape index (κ3) is 4.22. The van der Waals surface area contributed by atoms with Gasteiger partial charge >= 0.3 is 0 Å². The number of benzene rings is 1. The molecule has 0 aliphatic rings. The first kappa shape index (κ1) is 13.3. The average Bonchev–Trinajstić information content (AvgIpc) is 2.81. The summed E-state index contributed by atoms with van der Waals surface area (Å²) >= 11 is 0. The molecule has 1 aromatic carbocycles. The van der Waals surface area contributed by atoms with Crippen molar-refractivity contribution in [2.45, 2.75) is 6.42 Å². The lowest BCUT2D eigenvalue weighted by Crippen LogP contribution is -2.29. The molecule has 0 spiro atoms. The number of aryl methyl sites for hydroxylation is 1. The van der Waals surface area contributed by atoms with Gasteiger partial charge in [0.2, 0.25) is 5.91 Å². The Morgan fingerprint density at radius 2 is 2.05 bits per heavy atom. The highest BCUT2D eigenvalue weighted by Crippen LogP contribution is 2.03. The van der Waals surface area contributed by atoms with Gasteiger partial charge in [-0.05, 0) is 18.2 Å². The highest BCUT2D eigenvalue weighted by molar-refractivity contribution is 5.92. The van der Waals surface area contributed by atoms with Gasteiger partial charge in [-0.2, -0.15) is 5.10 Å². The van der Waals surface area contributed by atoms with E-state index in [1.807, 2.05) is 48.1 Å². The number of aromatic nitrogens is 2. The molecule has 0 bridgehead atoms. The SMILES string of the molecule is Cn1nccc1CCNCC(=O)Nc1ccccc1. The summed E-state index contributed by atoms with van der Waals surface area (Å²) in [6, 6.07) is 11.4. The minimum atomic E-state index is -0.0313. The molecule has 5 nitrogen and oxygen atoms in total. The van der Waals surface area contributed by atoms with Crippen LogP contribution in [0.4, 0.5) is 5.69 Å². The number of carbonyl (C=O) groups excluding carboxylic acids is 1. The van der Waals surface area contributed by atoms with E-state index in [-0.39, 0.29) is 5.91 Å². The van der Waals surface area contributed by atoms with Gasteiger partial charge in [-0.25, -0.2) is 0 Å². The van der Waals surface area contributed by atoms with Gasteiger partial charge in [-0.1, -0.05) is 18.2 Å². The van der Waals surface area contributed by atoms with Crippen LogP contribution in [0.15, 0.2) is 42.6 Å². The summed E-state index contributed by atoms with van der Waals surface area (Å²) < 4.78 is 1.84. The molecular weight excluding hydrogens is 240 g/mol. The Labute approximate surface area is 112 Å². The quantitative estimate of drug-likeness (QED) is 0.765. The Hall–Kier alpha value is -2.14. The summed E-state index contributed by atoms with van der Waals surface area (Å²) in [5, 5.41) is 10.0. The van der Waals surface area contributed by atoms with E-state index in [9.17, 15) is 4.79 Å². The molecule has 19 heavy (non-hydrogen) atoms. The maximum absolute atomic E-state index is 11.6. The van der Waals surface area contributed by atoms with Crippen LogP contribution in [0.5, 0.6) is 0 Å². The van der Waals surface area contributed by atoms with Crippen molar-refractivity contribution in [3.8, 4) is 0 Å². The van der Waals surface area contributed by atoms with Crippen molar-refractivity contribution in [3.63, 3.8) is 0 Å². The van der Waals surface area contributed by atoms with Crippen LogP contribution in [-0.2, 0) is 18.3 Å². The summed E-state index contributed by atoms with van der Waals surface area (Å²) in [4.78, 5) is 11.6. The third-order valence-electron chi connectivity index (χ3n) is 2.82. The maximum Gasteiger partial charge on any atom is 0.238 e. The van der Waals surface area contributed by atoms with Crippen molar-refractivity contribution < 1.29 is 4.79 Å². The van der Waals surface area contributed by atoms with Crippen molar-refractivity contribution in [3.05, 3.63) is 48.3 Å². The fraction of sp³-hybridized carbons (Fsp3) is 0.286. The maximum atomic E-state index is 11.6. The molecule has 2 aromatic rings. The standard InChI is InChI=1S/C14H18N4O/c1-18-13(8-10-16-18)7-9-15-11-14(19)17-12-5-3-2-4-6-12/h2-6,8,10,15H,7,9,11H2,1H3,(H,17,19). The second-order valence-electron chi connectivity index (χ2n) is 4.29. The van der Waals surface area contributed by atoms with Crippen molar-refractivity contribution in [1.82, 2.24) is 15.1 Å². The van der Waals surface area contributed by atoms with Crippen LogP contribution in [0.1, 0.15) is 5.69 Å². The molecule has 1 amide bonds. The van der Waals surface area contributed by atoms with Gasteiger partial charge in [-0.15, -0.1) is 0 Å². The molecule has 5 heteroatoms. The van der Waals surface area contributed by atoms with Crippen LogP contribution in [0, 0.1) is 0 Å². The predicted octanol–water partition coefficient (Wildman–Crippen LogP) is 1.19. The highest BCUT2D eigenvalue weighted by Gasteiger charge is 2.02. The first-order valence-corrected chi connectivity index (χ1v) is 6.28. The summed E-state index contributed by atoms with van der Waals surface area (Å²) in [5.41, 5.74) is 1.97. The van der Waals surface area contributed by atoms with Crippen molar-refractivity contribution >= 4 is 11.6 Å². The number of hydrogen-bond donors (Lipinski definition) is 2. The van der Waals surface area contributed by atoms with Crippen molar-refractivity contribution in [1.29, 1.82) is 0 Å². The number of rotatable bonds is 6. The van der Waals surface area contributed by atoms with Gasteiger partial charge in [0.1, 0.15) is 0 Å². The Balaban J connectivity index is 1.66. The van der Waals surface area contributed by atoms with Crippen LogP contribution >= 0.6 is 0 Å². The molecule has 1 heterocycles. The predicted molar refractivity (Wildman–Crippen MR) is 74.9 cm³/mol. The molecule has 0 unspecified atom stereocenters. The van der Waals surface area contributed by atoms with Crippen molar-refractivity contribution in [2.24, 2.45) is 7.05 Å². The van der Waals surface area contributed by atoms with Crippen LogP contribution in [-0.4, -0.2) is 28.8 Å². The summed E-state index contributed by atoms with van der Waals surface area (Å²) in [5.74, 6) is -0.0313. The van der Waals surface area contributed by atoms with E-state index >= 15 is 0 Å². The van der Waals surface area contributed by atoms with Gasteiger partial charge < -0.3 is 10.6 Å². The lowest BCUT2D eigenvalue weighted by molar-refractivity contribution is -0.115. The van der Waals surface area contributed by atoms with Crippen LogP contribution < -0.4 is 10.6 Å². The molecule has 100 valence electrons. The van der Waals surface area contributed by atoms with E-state index in [1.54, 1.807) is 6.20 Å².